The van der Waals surface area contributed by atoms with Crippen molar-refractivity contribution in [1.29, 1.82) is 0 Å². The molecular formula is C21H26N2O3S. The summed E-state index contributed by atoms with van der Waals surface area (Å²) in [5.41, 5.74) is 0.965. The zero-order chi connectivity index (χ0) is 18.6. The van der Waals surface area contributed by atoms with Crippen LogP contribution in [0.25, 0.3) is 10.2 Å². The molecule has 0 N–H and O–H groups in total. The second-order valence-corrected chi connectivity index (χ2v) is 8.78. The van der Waals surface area contributed by atoms with Crippen LogP contribution in [0.15, 0.2) is 24.3 Å². The van der Waals surface area contributed by atoms with Crippen LogP contribution < -0.4 is 0 Å². The van der Waals surface area contributed by atoms with E-state index in [9.17, 15) is 9.59 Å². The van der Waals surface area contributed by atoms with Crippen LogP contribution in [0, 0.1) is 11.8 Å². The molecule has 5 nitrogen and oxygen atoms in total. The number of fused-ring (bicyclic) bond motifs is 2. The van der Waals surface area contributed by atoms with Gasteiger partial charge in [-0.05, 0) is 36.8 Å². The quantitative estimate of drug-likeness (QED) is 0.733. The van der Waals surface area contributed by atoms with Gasteiger partial charge >= 0.3 is 5.97 Å². The van der Waals surface area contributed by atoms with Gasteiger partial charge in [0.2, 0.25) is 0 Å². The fourth-order valence-electron chi connectivity index (χ4n) is 4.37. The van der Waals surface area contributed by atoms with E-state index in [2.05, 4.69) is 4.98 Å². The van der Waals surface area contributed by atoms with Gasteiger partial charge < -0.3 is 9.64 Å². The lowest BCUT2D eigenvalue weighted by Gasteiger charge is -2.41. The Balaban J connectivity index is 1.21. The van der Waals surface area contributed by atoms with E-state index < -0.39 is 0 Å². The van der Waals surface area contributed by atoms with Gasteiger partial charge in [-0.2, -0.15) is 0 Å². The second kappa shape index (κ2) is 8.38. The van der Waals surface area contributed by atoms with Crippen LogP contribution in [0.5, 0.6) is 0 Å². The molecule has 27 heavy (non-hydrogen) atoms. The lowest BCUT2D eigenvalue weighted by Crippen LogP contribution is -2.46. The van der Waals surface area contributed by atoms with Crippen LogP contribution in [-0.2, 0) is 20.7 Å². The van der Waals surface area contributed by atoms with Crippen molar-refractivity contribution >= 4 is 33.4 Å². The Kier molecular flexibility index (Phi) is 5.72. The molecule has 1 saturated heterocycles. The first kappa shape index (κ1) is 18.4. The fraction of sp³-hybridized carbons (Fsp3) is 0.571. The lowest BCUT2D eigenvalue weighted by atomic mass is 9.75. The number of aryl methyl sites for hydroxylation is 1. The van der Waals surface area contributed by atoms with Crippen LogP contribution >= 0.6 is 11.3 Å². The molecule has 1 aliphatic heterocycles. The number of para-hydroxylation sites is 1. The van der Waals surface area contributed by atoms with Gasteiger partial charge in [0.15, 0.2) is 6.61 Å². The van der Waals surface area contributed by atoms with Crippen LogP contribution in [0.2, 0.25) is 0 Å². The largest absolute Gasteiger partial charge is 0.456 e. The second-order valence-electron chi connectivity index (χ2n) is 7.67. The summed E-state index contributed by atoms with van der Waals surface area (Å²) in [4.78, 5) is 30.9. The normalized spacial score (nSPS) is 22.4. The van der Waals surface area contributed by atoms with Crippen molar-refractivity contribution in [2.75, 3.05) is 19.7 Å². The average Bonchev–Trinajstić information content (AvgIpc) is 3.13. The number of carbonyl (C=O) groups excluding carboxylic acids is 2. The van der Waals surface area contributed by atoms with E-state index in [1.807, 2.05) is 29.2 Å². The summed E-state index contributed by atoms with van der Waals surface area (Å²) in [7, 11) is 0. The number of hydrogen-bond acceptors (Lipinski definition) is 5. The number of carbonyl (C=O) groups is 2. The first-order chi connectivity index (χ1) is 13.2. The highest BCUT2D eigenvalue weighted by Gasteiger charge is 2.33. The van der Waals surface area contributed by atoms with Crippen molar-refractivity contribution in [2.45, 2.75) is 44.9 Å². The molecule has 2 atom stereocenters. The summed E-state index contributed by atoms with van der Waals surface area (Å²) in [5, 5.41) is 0.929. The molecule has 2 fully saturated rings. The summed E-state index contributed by atoms with van der Waals surface area (Å²) in [5.74, 6) is 1.06. The van der Waals surface area contributed by atoms with Crippen molar-refractivity contribution in [3.05, 3.63) is 29.3 Å². The number of rotatable bonds is 5. The zero-order valence-corrected chi connectivity index (χ0v) is 16.4. The van der Waals surface area contributed by atoms with Gasteiger partial charge in [0.1, 0.15) is 0 Å². The number of likely N-dealkylation sites (tertiary alicyclic amines) is 1. The SMILES string of the molecule is O=C(CCc1nc2ccccc2s1)OCC(=O)N1CC[C@H]2CCCC[C@@H]2C1. The van der Waals surface area contributed by atoms with E-state index in [4.69, 9.17) is 4.74 Å². The van der Waals surface area contributed by atoms with Gasteiger partial charge in [-0.15, -0.1) is 11.3 Å². The van der Waals surface area contributed by atoms with Crippen molar-refractivity contribution in [2.24, 2.45) is 11.8 Å². The number of aromatic nitrogens is 1. The maximum Gasteiger partial charge on any atom is 0.306 e. The summed E-state index contributed by atoms with van der Waals surface area (Å²) < 4.78 is 6.36. The highest BCUT2D eigenvalue weighted by Crippen LogP contribution is 2.36. The number of ether oxygens (including phenoxy) is 1. The van der Waals surface area contributed by atoms with Crippen LogP contribution in [0.1, 0.15) is 43.5 Å². The van der Waals surface area contributed by atoms with Gasteiger partial charge in [0.05, 0.1) is 21.6 Å². The minimum atomic E-state index is -0.324. The van der Waals surface area contributed by atoms with E-state index in [0.29, 0.717) is 12.3 Å². The Bertz CT molecular complexity index is 786. The summed E-state index contributed by atoms with van der Waals surface area (Å²) in [6.07, 6.45) is 7.08. The number of piperidine rings is 1. The molecule has 2 aromatic rings. The molecule has 0 radical (unpaired) electrons. The zero-order valence-electron chi connectivity index (χ0n) is 15.6. The molecule has 1 saturated carbocycles. The Morgan fingerprint density at radius 3 is 2.81 bits per heavy atom. The van der Waals surface area contributed by atoms with Gasteiger partial charge in [0, 0.05) is 19.5 Å². The molecule has 0 spiro atoms. The third-order valence-electron chi connectivity index (χ3n) is 5.88. The maximum absolute atomic E-state index is 12.4. The van der Waals surface area contributed by atoms with Crippen molar-refractivity contribution in [3.63, 3.8) is 0 Å². The van der Waals surface area contributed by atoms with E-state index >= 15 is 0 Å². The number of benzene rings is 1. The molecular weight excluding hydrogens is 360 g/mol. The third-order valence-corrected chi connectivity index (χ3v) is 6.98. The summed E-state index contributed by atoms with van der Waals surface area (Å²) >= 11 is 1.60. The predicted molar refractivity (Wildman–Crippen MR) is 106 cm³/mol. The molecule has 4 rings (SSSR count). The van der Waals surface area contributed by atoms with Crippen molar-refractivity contribution in [3.8, 4) is 0 Å². The molecule has 2 heterocycles. The number of hydrogen-bond donors (Lipinski definition) is 0. The van der Waals surface area contributed by atoms with E-state index in [-0.39, 0.29) is 24.9 Å². The van der Waals surface area contributed by atoms with E-state index in [1.165, 1.54) is 25.7 Å². The maximum atomic E-state index is 12.4. The molecule has 2 aliphatic rings. The van der Waals surface area contributed by atoms with Crippen LogP contribution in [0.3, 0.4) is 0 Å². The molecule has 1 aliphatic carbocycles. The molecule has 6 heteroatoms. The van der Waals surface area contributed by atoms with E-state index in [0.717, 1.165) is 40.7 Å². The number of amides is 1. The monoisotopic (exact) mass is 386 g/mol. The highest BCUT2D eigenvalue weighted by atomic mass is 32.1. The van der Waals surface area contributed by atoms with Crippen LogP contribution in [-0.4, -0.2) is 41.5 Å². The topological polar surface area (TPSA) is 59.5 Å². The minimum Gasteiger partial charge on any atom is -0.456 e. The van der Waals surface area contributed by atoms with Crippen molar-refractivity contribution < 1.29 is 14.3 Å². The molecule has 1 aromatic carbocycles. The Labute approximate surface area is 163 Å². The Morgan fingerprint density at radius 2 is 1.96 bits per heavy atom. The Hall–Kier alpha value is -1.95. The minimum absolute atomic E-state index is 0.0487. The molecule has 0 bridgehead atoms. The number of thiazole rings is 1. The smallest absolute Gasteiger partial charge is 0.306 e. The highest BCUT2D eigenvalue weighted by molar-refractivity contribution is 7.18. The average molecular weight is 387 g/mol. The standard InChI is InChI=1S/C21H26N2O3S/c24-20(23-12-11-15-5-1-2-6-16(15)13-23)14-26-21(25)10-9-19-22-17-7-3-4-8-18(17)27-19/h3-4,7-8,15-16H,1-2,5-6,9-14H2/t15-,16-/m1/s1. The van der Waals surface area contributed by atoms with Gasteiger partial charge in [-0.1, -0.05) is 31.4 Å². The first-order valence-electron chi connectivity index (χ1n) is 9.97. The molecule has 1 amide bonds. The predicted octanol–water partition coefficient (Wildman–Crippen LogP) is 3.81. The summed E-state index contributed by atoms with van der Waals surface area (Å²) in [6, 6.07) is 7.95. The van der Waals surface area contributed by atoms with E-state index in [1.54, 1.807) is 11.3 Å². The van der Waals surface area contributed by atoms with Gasteiger partial charge in [-0.25, -0.2) is 4.98 Å². The van der Waals surface area contributed by atoms with Crippen molar-refractivity contribution in [1.82, 2.24) is 9.88 Å². The molecule has 1 aromatic heterocycles. The van der Waals surface area contributed by atoms with Crippen LogP contribution in [0.4, 0.5) is 0 Å². The first-order valence-corrected chi connectivity index (χ1v) is 10.8. The molecule has 0 unspecified atom stereocenters. The van der Waals surface area contributed by atoms with Gasteiger partial charge in [-0.3, -0.25) is 9.59 Å². The fourth-order valence-corrected chi connectivity index (χ4v) is 5.34. The molecule has 144 valence electrons. The number of esters is 1. The third kappa shape index (κ3) is 4.49. The Morgan fingerprint density at radius 1 is 1.15 bits per heavy atom. The summed E-state index contributed by atoms with van der Waals surface area (Å²) in [6.45, 7) is 1.52. The van der Waals surface area contributed by atoms with Gasteiger partial charge in [0.25, 0.3) is 5.91 Å². The lowest BCUT2D eigenvalue weighted by molar-refractivity contribution is -0.153. The number of nitrogens with zero attached hydrogens (tertiary/aromatic N) is 2.